The highest BCUT2D eigenvalue weighted by atomic mass is 127. The van der Waals surface area contributed by atoms with Gasteiger partial charge in [0.05, 0.1) is 18.2 Å². The van der Waals surface area contributed by atoms with Crippen molar-refractivity contribution in [1.82, 2.24) is 15.6 Å². The zero-order valence-electron chi connectivity index (χ0n) is 14.0. The molecule has 0 radical (unpaired) electrons. The van der Waals surface area contributed by atoms with Crippen molar-refractivity contribution in [2.24, 2.45) is 4.99 Å². The molecular formula is C18H25IN4O. The molecule has 0 aliphatic carbocycles. The molecule has 2 N–H and O–H groups in total. The molecule has 0 spiro atoms. The van der Waals surface area contributed by atoms with Gasteiger partial charge >= 0.3 is 0 Å². The second kappa shape index (κ2) is 9.78. The maximum Gasteiger partial charge on any atom is 0.191 e. The first kappa shape index (κ1) is 18.9. The van der Waals surface area contributed by atoms with E-state index < -0.39 is 0 Å². The van der Waals surface area contributed by atoms with Crippen LogP contribution < -0.4 is 10.6 Å². The van der Waals surface area contributed by atoms with Crippen molar-refractivity contribution in [3.63, 3.8) is 0 Å². The number of ether oxygens (including phenoxy) is 1. The molecule has 0 bridgehead atoms. The molecule has 6 heteroatoms. The van der Waals surface area contributed by atoms with Crippen molar-refractivity contribution in [1.29, 1.82) is 0 Å². The summed E-state index contributed by atoms with van der Waals surface area (Å²) in [4.78, 5) is 9.10. The van der Waals surface area contributed by atoms with Gasteiger partial charge in [0.15, 0.2) is 5.96 Å². The number of aliphatic imine (C=N–C) groups is 1. The van der Waals surface area contributed by atoms with E-state index in [9.17, 15) is 0 Å². The highest BCUT2D eigenvalue weighted by molar-refractivity contribution is 14.0. The Labute approximate surface area is 160 Å². The Kier molecular flexibility index (Phi) is 7.71. The van der Waals surface area contributed by atoms with Gasteiger partial charge in [-0.25, -0.2) is 4.99 Å². The molecule has 0 amide bonds. The zero-order valence-corrected chi connectivity index (χ0v) is 16.3. The largest absolute Gasteiger partial charge is 0.376 e. The summed E-state index contributed by atoms with van der Waals surface area (Å²) in [6.07, 6.45) is 4.44. The van der Waals surface area contributed by atoms with E-state index in [4.69, 9.17) is 9.73 Å². The number of aromatic nitrogens is 1. The van der Waals surface area contributed by atoms with Crippen molar-refractivity contribution in [2.75, 3.05) is 19.7 Å². The van der Waals surface area contributed by atoms with Gasteiger partial charge in [-0.2, -0.15) is 0 Å². The fourth-order valence-electron chi connectivity index (χ4n) is 2.81. The minimum atomic E-state index is 0. The highest BCUT2D eigenvalue weighted by Crippen LogP contribution is 2.16. The van der Waals surface area contributed by atoms with Gasteiger partial charge in [-0.15, -0.1) is 24.0 Å². The van der Waals surface area contributed by atoms with Crippen LogP contribution in [0.4, 0.5) is 0 Å². The minimum Gasteiger partial charge on any atom is -0.376 e. The average Bonchev–Trinajstić information content (AvgIpc) is 3.11. The molecule has 0 saturated carbocycles. The summed E-state index contributed by atoms with van der Waals surface area (Å²) in [5.74, 6) is 0.837. The Hall–Kier alpha value is -1.41. The first-order chi connectivity index (χ1) is 11.4. The number of hydrogen-bond donors (Lipinski definition) is 2. The number of hydrogen-bond acceptors (Lipinski definition) is 3. The van der Waals surface area contributed by atoms with E-state index in [1.54, 1.807) is 0 Å². The SMILES string of the molecule is CCNC(=NCc1ccnc2ccccc12)NCC1CCCO1.I. The van der Waals surface area contributed by atoms with Gasteiger partial charge in [0.2, 0.25) is 0 Å². The number of nitrogens with one attached hydrogen (secondary N) is 2. The van der Waals surface area contributed by atoms with Crippen LogP contribution in [0.25, 0.3) is 10.9 Å². The zero-order chi connectivity index (χ0) is 15.9. The van der Waals surface area contributed by atoms with Gasteiger partial charge in [-0.05, 0) is 37.5 Å². The smallest absolute Gasteiger partial charge is 0.191 e. The summed E-state index contributed by atoms with van der Waals surface area (Å²) in [7, 11) is 0. The molecule has 24 heavy (non-hydrogen) atoms. The molecule has 130 valence electrons. The number of para-hydroxylation sites is 1. The quantitative estimate of drug-likeness (QED) is 0.426. The molecule has 1 aromatic carbocycles. The van der Waals surface area contributed by atoms with Crippen molar-refractivity contribution < 1.29 is 4.74 Å². The summed E-state index contributed by atoms with van der Waals surface area (Å²) in [5, 5.41) is 7.83. The molecule has 1 saturated heterocycles. The van der Waals surface area contributed by atoms with Gasteiger partial charge in [0.1, 0.15) is 0 Å². The average molecular weight is 440 g/mol. The Morgan fingerprint density at radius 1 is 1.29 bits per heavy atom. The van der Waals surface area contributed by atoms with E-state index in [0.29, 0.717) is 12.6 Å². The standard InChI is InChI=1S/C18H24N4O.HI/c1-2-19-18(22-13-15-6-5-11-23-15)21-12-14-9-10-20-17-8-4-3-7-16(14)17;/h3-4,7-10,15H,2,5-6,11-13H2,1H3,(H2,19,21,22);1H. The van der Waals surface area contributed by atoms with Crippen molar-refractivity contribution >= 4 is 40.8 Å². The summed E-state index contributed by atoms with van der Waals surface area (Å²) in [6.45, 7) is 5.23. The molecule has 2 heterocycles. The van der Waals surface area contributed by atoms with Gasteiger partial charge in [-0.3, -0.25) is 4.98 Å². The maximum atomic E-state index is 5.65. The Morgan fingerprint density at radius 2 is 2.17 bits per heavy atom. The number of guanidine groups is 1. The van der Waals surface area contributed by atoms with Crippen LogP contribution in [-0.2, 0) is 11.3 Å². The number of fused-ring (bicyclic) bond motifs is 1. The number of halogens is 1. The third-order valence-electron chi connectivity index (χ3n) is 4.01. The lowest BCUT2D eigenvalue weighted by molar-refractivity contribution is 0.114. The number of pyridine rings is 1. The Bertz CT molecular complexity index is 666. The molecule has 2 aromatic rings. The second-order valence-corrected chi connectivity index (χ2v) is 5.70. The van der Waals surface area contributed by atoms with E-state index in [-0.39, 0.29) is 24.0 Å². The fourth-order valence-corrected chi connectivity index (χ4v) is 2.81. The van der Waals surface area contributed by atoms with E-state index in [1.807, 2.05) is 30.5 Å². The lowest BCUT2D eigenvalue weighted by Gasteiger charge is -2.15. The molecule has 1 aliphatic rings. The fraction of sp³-hybridized carbons (Fsp3) is 0.444. The van der Waals surface area contributed by atoms with Crippen LogP contribution in [0, 0.1) is 0 Å². The molecule has 5 nitrogen and oxygen atoms in total. The number of rotatable bonds is 5. The van der Waals surface area contributed by atoms with Crippen LogP contribution in [0.1, 0.15) is 25.3 Å². The summed E-state index contributed by atoms with van der Waals surface area (Å²) in [6, 6.07) is 10.2. The molecule has 1 unspecified atom stereocenters. The number of nitrogens with zero attached hydrogens (tertiary/aromatic N) is 2. The van der Waals surface area contributed by atoms with Crippen LogP contribution in [0.15, 0.2) is 41.5 Å². The van der Waals surface area contributed by atoms with E-state index in [2.05, 4.69) is 28.6 Å². The van der Waals surface area contributed by atoms with Crippen LogP contribution in [0.2, 0.25) is 0 Å². The third kappa shape index (κ3) is 5.04. The Balaban J connectivity index is 0.00000208. The first-order valence-electron chi connectivity index (χ1n) is 8.33. The second-order valence-electron chi connectivity index (χ2n) is 5.70. The van der Waals surface area contributed by atoms with E-state index >= 15 is 0 Å². The monoisotopic (exact) mass is 440 g/mol. The van der Waals surface area contributed by atoms with Crippen molar-refractivity contribution in [3.8, 4) is 0 Å². The molecular weight excluding hydrogens is 415 g/mol. The Morgan fingerprint density at radius 3 is 2.96 bits per heavy atom. The van der Waals surface area contributed by atoms with Gasteiger partial charge < -0.3 is 15.4 Å². The summed E-state index contributed by atoms with van der Waals surface area (Å²) in [5.41, 5.74) is 2.20. The molecule has 1 fully saturated rings. The third-order valence-corrected chi connectivity index (χ3v) is 4.01. The number of benzene rings is 1. The van der Waals surface area contributed by atoms with Crippen LogP contribution >= 0.6 is 24.0 Å². The van der Waals surface area contributed by atoms with Gasteiger partial charge in [-0.1, -0.05) is 18.2 Å². The first-order valence-corrected chi connectivity index (χ1v) is 8.33. The normalized spacial score (nSPS) is 17.5. The molecule has 1 atom stereocenters. The minimum absolute atomic E-state index is 0. The lowest BCUT2D eigenvalue weighted by Crippen LogP contribution is -2.41. The van der Waals surface area contributed by atoms with Crippen molar-refractivity contribution in [2.45, 2.75) is 32.4 Å². The summed E-state index contributed by atoms with van der Waals surface area (Å²) >= 11 is 0. The highest BCUT2D eigenvalue weighted by Gasteiger charge is 2.15. The van der Waals surface area contributed by atoms with Gasteiger partial charge in [0, 0.05) is 31.3 Å². The van der Waals surface area contributed by atoms with Crippen LogP contribution in [0.3, 0.4) is 0 Å². The molecule has 1 aliphatic heterocycles. The predicted molar refractivity (Wildman–Crippen MR) is 109 cm³/mol. The predicted octanol–water partition coefficient (Wildman–Crippen LogP) is 3.09. The van der Waals surface area contributed by atoms with E-state index in [1.165, 1.54) is 5.56 Å². The topological polar surface area (TPSA) is 58.5 Å². The van der Waals surface area contributed by atoms with Crippen LogP contribution in [0.5, 0.6) is 0 Å². The van der Waals surface area contributed by atoms with Gasteiger partial charge in [0.25, 0.3) is 0 Å². The molecule has 3 rings (SSSR count). The van der Waals surface area contributed by atoms with Crippen LogP contribution in [-0.4, -0.2) is 36.7 Å². The molecule has 1 aromatic heterocycles. The van der Waals surface area contributed by atoms with Crippen molar-refractivity contribution in [3.05, 3.63) is 42.1 Å². The van der Waals surface area contributed by atoms with E-state index in [0.717, 1.165) is 49.4 Å². The maximum absolute atomic E-state index is 5.65. The lowest BCUT2D eigenvalue weighted by atomic mass is 10.1. The summed E-state index contributed by atoms with van der Waals surface area (Å²) < 4.78 is 5.65.